The monoisotopic (exact) mass is 396 g/mol. The zero-order valence-electron chi connectivity index (χ0n) is 10.5. The van der Waals surface area contributed by atoms with Crippen molar-refractivity contribution in [2.24, 2.45) is 0 Å². The quantitative estimate of drug-likeness (QED) is 0.683. The summed E-state index contributed by atoms with van der Waals surface area (Å²) in [7, 11) is 0. The molecule has 5 nitrogen and oxygen atoms in total. The number of amides is 2. The van der Waals surface area contributed by atoms with E-state index in [4.69, 9.17) is 16.7 Å². The Labute approximate surface area is 129 Å². The second kappa shape index (κ2) is 6.42. The van der Waals surface area contributed by atoms with Crippen LogP contribution in [0.2, 0.25) is 5.02 Å². The van der Waals surface area contributed by atoms with Crippen molar-refractivity contribution in [1.82, 2.24) is 5.32 Å². The lowest BCUT2D eigenvalue weighted by Gasteiger charge is -2.24. The molecule has 0 unspecified atom stereocenters. The van der Waals surface area contributed by atoms with Crippen molar-refractivity contribution in [3.05, 3.63) is 26.8 Å². The zero-order chi connectivity index (χ0) is 14.6. The van der Waals surface area contributed by atoms with E-state index in [1.165, 1.54) is 0 Å². The number of hydrogen-bond donors (Lipinski definition) is 3. The van der Waals surface area contributed by atoms with Gasteiger partial charge in [0.25, 0.3) is 0 Å². The minimum Gasteiger partial charge on any atom is -0.481 e. The summed E-state index contributed by atoms with van der Waals surface area (Å²) in [5.41, 5.74) is -0.207. The molecule has 0 atom stereocenters. The summed E-state index contributed by atoms with van der Waals surface area (Å²) in [5.74, 6) is -0.966. The molecule has 7 heteroatoms. The first-order chi connectivity index (χ1) is 8.69. The van der Waals surface area contributed by atoms with E-state index >= 15 is 0 Å². The van der Waals surface area contributed by atoms with Gasteiger partial charge < -0.3 is 15.7 Å². The van der Waals surface area contributed by atoms with Crippen molar-refractivity contribution >= 4 is 51.9 Å². The third kappa shape index (κ3) is 5.65. The van der Waals surface area contributed by atoms with Crippen molar-refractivity contribution in [2.75, 3.05) is 5.32 Å². The number of carbonyl (C=O) groups is 2. The van der Waals surface area contributed by atoms with Gasteiger partial charge in [-0.05, 0) is 54.6 Å². The molecule has 0 aliphatic carbocycles. The van der Waals surface area contributed by atoms with Crippen LogP contribution in [0.5, 0.6) is 0 Å². The number of carboxylic acids is 1. The average molecular weight is 397 g/mol. The maximum atomic E-state index is 11.8. The Hall–Kier alpha value is -1.02. The first-order valence-corrected chi connectivity index (χ1v) is 6.91. The molecule has 0 saturated carbocycles. The first kappa shape index (κ1) is 16.0. The zero-order valence-corrected chi connectivity index (χ0v) is 13.4. The molecule has 0 aromatic heterocycles. The minimum absolute atomic E-state index is 0.155. The number of aliphatic carboxylic acids is 1. The number of nitrogens with one attached hydrogen (secondary N) is 2. The number of urea groups is 1. The summed E-state index contributed by atoms with van der Waals surface area (Å²) in [6, 6.07) is 4.63. The number of carbonyl (C=O) groups excluding carboxylic acids is 1. The van der Waals surface area contributed by atoms with E-state index < -0.39 is 17.5 Å². The third-order valence-electron chi connectivity index (χ3n) is 2.22. The number of hydrogen-bond acceptors (Lipinski definition) is 2. The van der Waals surface area contributed by atoms with Gasteiger partial charge in [0, 0.05) is 14.1 Å². The molecule has 0 fully saturated rings. The highest BCUT2D eigenvalue weighted by Crippen LogP contribution is 2.22. The fraction of sp³-hybridized carbons (Fsp3) is 0.333. The van der Waals surface area contributed by atoms with Gasteiger partial charge in [0.2, 0.25) is 0 Å². The number of anilines is 1. The van der Waals surface area contributed by atoms with Gasteiger partial charge in [0.05, 0.1) is 12.1 Å². The number of halogens is 2. The largest absolute Gasteiger partial charge is 0.481 e. The van der Waals surface area contributed by atoms with Crippen LogP contribution in [0.1, 0.15) is 20.3 Å². The number of benzene rings is 1. The fourth-order valence-corrected chi connectivity index (χ4v) is 2.48. The van der Waals surface area contributed by atoms with Gasteiger partial charge >= 0.3 is 12.0 Å². The fourth-order valence-electron chi connectivity index (χ4n) is 1.47. The molecule has 2 amide bonds. The van der Waals surface area contributed by atoms with Crippen molar-refractivity contribution in [3.63, 3.8) is 0 Å². The minimum atomic E-state index is -0.966. The predicted octanol–water partition coefficient (Wildman–Crippen LogP) is 3.32. The molecule has 0 heterocycles. The van der Waals surface area contributed by atoms with E-state index in [0.717, 1.165) is 3.57 Å². The van der Waals surface area contributed by atoms with E-state index in [9.17, 15) is 9.59 Å². The molecule has 0 saturated heterocycles. The molecule has 0 radical (unpaired) electrons. The molecule has 1 rings (SSSR count). The third-order valence-corrected chi connectivity index (χ3v) is 3.35. The summed E-state index contributed by atoms with van der Waals surface area (Å²) < 4.78 is 0.802. The average Bonchev–Trinajstić information content (AvgIpc) is 2.19. The van der Waals surface area contributed by atoms with Crippen LogP contribution < -0.4 is 10.6 Å². The van der Waals surface area contributed by atoms with Gasteiger partial charge in [-0.2, -0.15) is 0 Å². The Bertz CT molecular complexity index is 506. The van der Waals surface area contributed by atoms with Crippen LogP contribution in [0.25, 0.3) is 0 Å². The van der Waals surface area contributed by atoms with Crippen molar-refractivity contribution in [2.45, 2.75) is 25.8 Å². The van der Waals surface area contributed by atoms with E-state index in [1.807, 2.05) is 0 Å². The van der Waals surface area contributed by atoms with Gasteiger partial charge in [-0.25, -0.2) is 4.79 Å². The van der Waals surface area contributed by atoms with Crippen LogP contribution in [0.15, 0.2) is 18.2 Å². The topological polar surface area (TPSA) is 78.4 Å². The highest BCUT2D eigenvalue weighted by atomic mass is 127. The van der Waals surface area contributed by atoms with Crippen molar-refractivity contribution < 1.29 is 14.7 Å². The molecule has 0 bridgehead atoms. The van der Waals surface area contributed by atoms with Gasteiger partial charge in [-0.1, -0.05) is 11.6 Å². The number of carboxylic acid groups (broad SMARTS) is 1. The molecular formula is C12H14ClIN2O3. The summed E-state index contributed by atoms with van der Waals surface area (Å²) in [5, 5.41) is 14.6. The van der Waals surface area contributed by atoms with Crippen molar-refractivity contribution in [3.8, 4) is 0 Å². The normalized spacial score (nSPS) is 10.9. The van der Waals surface area contributed by atoms with Gasteiger partial charge in [-0.15, -0.1) is 0 Å². The van der Waals surface area contributed by atoms with E-state index in [2.05, 4.69) is 33.2 Å². The molecule has 3 N–H and O–H groups in total. The SMILES string of the molecule is CC(C)(CC(=O)O)NC(=O)Nc1ccc(Cl)cc1I. The van der Waals surface area contributed by atoms with Gasteiger partial charge in [-0.3, -0.25) is 4.79 Å². The summed E-state index contributed by atoms with van der Waals surface area (Å²) in [6.45, 7) is 3.29. The molecule has 0 aliphatic rings. The van der Waals surface area contributed by atoms with Crippen LogP contribution in [0, 0.1) is 3.57 Å². The van der Waals surface area contributed by atoms with Crippen LogP contribution in [0.3, 0.4) is 0 Å². The Morgan fingerprint density at radius 3 is 2.58 bits per heavy atom. The standard InChI is InChI=1S/C12H14ClIN2O3/c1-12(2,6-10(17)18)16-11(19)15-9-4-3-7(13)5-8(9)14/h3-5H,6H2,1-2H3,(H,17,18)(H2,15,16,19). The number of rotatable bonds is 4. The van der Waals surface area contributed by atoms with Crippen LogP contribution in [0.4, 0.5) is 10.5 Å². The van der Waals surface area contributed by atoms with Crippen LogP contribution >= 0.6 is 34.2 Å². The van der Waals surface area contributed by atoms with Gasteiger partial charge in [0.15, 0.2) is 0 Å². The Balaban J connectivity index is 2.67. The second-order valence-electron chi connectivity index (χ2n) is 4.66. The Morgan fingerprint density at radius 2 is 2.05 bits per heavy atom. The first-order valence-electron chi connectivity index (χ1n) is 5.45. The second-order valence-corrected chi connectivity index (χ2v) is 6.26. The van der Waals surface area contributed by atoms with E-state index in [1.54, 1.807) is 32.0 Å². The Kier molecular flexibility index (Phi) is 5.42. The highest BCUT2D eigenvalue weighted by Gasteiger charge is 2.24. The van der Waals surface area contributed by atoms with E-state index in [-0.39, 0.29) is 6.42 Å². The summed E-state index contributed by atoms with van der Waals surface area (Å²) >= 11 is 7.87. The highest BCUT2D eigenvalue weighted by molar-refractivity contribution is 14.1. The van der Waals surface area contributed by atoms with Gasteiger partial charge in [0.1, 0.15) is 0 Å². The van der Waals surface area contributed by atoms with Crippen LogP contribution in [-0.4, -0.2) is 22.6 Å². The van der Waals surface area contributed by atoms with E-state index in [0.29, 0.717) is 10.7 Å². The summed E-state index contributed by atoms with van der Waals surface area (Å²) in [4.78, 5) is 22.5. The maximum Gasteiger partial charge on any atom is 0.319 e. The molecule has 0 aliphatic heterocycles. The van der Waals surface area contributed by atoms with Crippen LogP contribution in [-0.2, 0) is 4.79 Å². The Morgan fingerprint density at radius 1 is 1.42 bits per heavy atom. The maximum absolute atomic E-state index is 11.8. The molecular weight excluding hydrogens is 382 g/mol. The molecule has 104 valence electrons. The molecule has 19 heavy (non-hydrogen) atoms. The smallest absolute Gasteiger partial charge is 0.319 e. The lowest BCUT2D eigenvalue weighted by atomic mass is 10.0. The lowest BCUT2D eigenvalue weighted by Crippen LogP contribution is -2.46. The molecule has 1 aromatic rings. The van der Waals surface area contributed by atoms with Crippen molar-refractivity contribution in [1.29, 1.82) is 0 Å². The molecule has 0 spiro atoms. The summed E-state index contributed by atoms with van der Waals surface area (Å²) in [6.07, 6.45) is -0.155. The molecule has 1 aromatic carbocycles. The lowest BCUT2D eigenvalue weighted by molar-refractivity contribution is -0.138. The predicted molar refractivity (Wildman–Crippen MR) is 82.7 cm³/mol.